The van der Waals surface area contributed by atoms with E-state index in [1.165, 1.54) is 11.1 Å². The Bertz CT molecular complexity index is 528. The lowest BCUT2D eigenvalue weighted by molar-refractivity contribution is 0.592. The fraction of sp³-hybridized carbons (Fsp3) is 0.333. The highest BCUT2D eigenvalue weighted by Crippen LogP contribution is 2.26. The monoisotopic (exact) mass is 319 g/mol. The molecule has 100 valence electrons. The van der Waals surface area contributed by atoms with Gasteiger partial charge in [-0.25, -0.2) is 9.97 Å². The third kappa shape index (κ3) is 3.61. The molecule has 1 aromatic carbocycles. The van der Waals surface area contributed by atoms with E-state index in [-0.39, 0.29) is 6.04 Å². The maximum Gasteiger partial charge on any atom is 0.115 e. The Morgan fingerprint density at radius 3 is 2.68 bits per heavy atom. The van der Waals surface area contributed by atoms with Gasteiger partial charge in [0.1, 0.15) is 6.33 Å². The normalized spacial score (nSPS) is 12.4. The standard InChI is InChI=1S/C15H18BrN3/c1-3-6-19-15(12-8-17-10-18-9-12)14-7-13(16)5-4-11(14)2/h4-5,7-10,15,19H,3,6H2,1-2H3. The lowest BCUT2D eigenvalue weighted by Crippen LogP contribution is -2.24. The smallest absolute Gasteiger partial charge is 0.115 e. The molecule has 0 aliphatic heterocycles. The lowest BCUT2D eigenvalue weighted by atomic mass is 9.97. The molecular formula is C15H18BrN3. The van der Waals surface area contributed by atoms with E-state index in [2.05, 4.69) is 63.3 Å². The molecule has 1 N–H and O–H groups in total. The lowest BCUT2D eigenvalue weighted by Gasteiger charge is -2.21. The molecule has 1 unspecified atom stereocenters. The average Bonchev–Trinajstić information content (AvgIpc) is 2.44. The Hall–Kier alpha value is -1.26. The second-order valence-corrected chi connectivity index (χ2v) is 5.48. The zero-order valence-corrected chi connectivity index (χ0v) is 12.8. The largest absolute Gasteiger partial charge is 0.306 e. The van der Waals surface area contributed by atoms with Gasteiger partial charge in [0, 0.05) is 22.4 Å². The van der Waals surface area contributed by atoms with Crippen molar-refractivity contribution in [1.82, 2.24) is 15.3 Å². The molecule has 2 rings (SSSR count). The summed E-state index contributed by atoms with van der Waals surface area (Å²) in [6, 6.07) is 6.50. The molecule has 1 aromatic heterocycles. The number of benzene rings is 1. The minimum atomic E-state index is 0.138. The van der Waals surface area contributed by atoms with E-state index >= 15 is 0 Å². The first-order chi connectivity index (χ1) is 9.22. The SMILES string of the molecule is CCCNC(c1cncnc1)c1cc(Br)ccc1C. The van der Waals surface area contributed by atoms with Gasteiger partial charge in [-0.1, -0.05) is 28.9 Å². The van der Waals surface area contributed by atoms with Crippen molar-refractivity contribution in [3.63, 3.8) is 0 Å². The van der Waals surface area contributed by atoms with Crippen LogP contribution in [0.1, 0.15) is 36.1 Å². The molecule has 1 heterocycles. The van der Waals surface area contributed by atoms with Crippen LogP contribution >= 0.6 is 15.9 Å². The predicted octanol–water partition coefficient (Wildman–Crippen LogP) is 3.64. The van der Waals surface area contributed by atoms with Crippen LogP contribution in [0.15, 0.2) is 41.4 Å². The summed E-state index contributed by atoms with van der Waals surface area (Å²) in [7, 11) is 0. The van der Waals surface area contributed by atoms with Crippen LogP contribution in [0.4, 0.5) is 0 Å². The van der Waals surface area contributed by atoms with Crippen LogP contribution in [0.25, 0.3) is 0 Å². The number of nitrogens with zero attached hydrogens (tertiary/aromatic N) is 2. The molecule has 0 aliphatic carbocycles. The third-order valence-corrected chi connectivity index (χ3v) is 3.56. The quantitative estimate of drug-likeness (QED) is 0.914. The van der Waals surface area contributed by atoms with Gasteiger partial charge in [-0.3, -0.25) is 0 Å². The van der Waals surface area contributed by atoms with Crippen molar-refractivity contribution in [2.75, 3.05) is 6.54 Å². The Morgan fingerprint density at radius 1 is 1.26 bits per heavy atom. The molecule has 19 heavy (non-hydrogen) atoms. The van der Waals surface area contributed by atoms with Crippen molar-refractivity contribution in [3.8, 4) is 0 Å². The molecule has 0 bridgehead atoms. The molecule has 0 amide bonds. The van der Waals surface area contributed by atoms with Gasteiger partial charge in [-0.05, 0) is 43.1 Å². The van der Waals surface area contributed by atoms with E-state index in [1.54, 1.807) is 6.33 Å². The van der Waals surface area contributed by atoms with Crippen LogP contribution in [0.2, 0.25) is 0 Å². The maximum absolute atomic E-state index is 4.13. The van der Waals surface area contributed by atoms with Gasteiger partial charge in [-0.2, -0.15) is 0 Å². The van der Waals surface area contributed by atoms with Crippen molar-refractivity contribution >= 4 is 15.9 Å². The summed E-state index contributed by atoms with van der Waals surface area (Å²) >= 11 is 3.55. The second-order valence-electron chi connectivity index (χ2n) is 4.56. The highest BCUT2D eigenvalue weighted by molar-refractivity contribution is 9.10. The van der Waals surface area contributed by atoms with Crippen molar-refractivity contribution in [2.45, 2.75) is 26.3 Å². The first-order valence-corrected chi connectivity index (χ1v) is 7.26. The summed E-state index contributed by atoms with van der Waals surface area (Å²) < 4.78 is 1.09. The van der Waals surface area contributed by atoms with E-state index in [1.807, 2.05) is 12.4 Å². The summed E-state index contributed by atoms with van der Waals surface area (Å²) in [5.74, 6) is 0. The Morgan fingerprint density at radius 2 is 2.00 bits per heavy atom. The first kappa shape index (κ1) is 14.2. The van der Waals surface area contributed by atoms with Crippen molar-refractivity contribution in [2.24, 2.45) is 0 Å². The summed E-state index contributed by atoms with van der Waals surface area (Å²) in [5, 5.41) is 3.57. The minimum absolute atomic E-state index is 0.138. The summed E-state index contributed by atoms with van der Waals surface area (Å²) in [6.45, 7) is 5.26. The Balaban J connectivity index is 2.40. The second kappa shape index (κ2) is 6.78. The summed E-state index contributed by atoms with van der Waals surface area (Å²) in [6.07, 6.45) is 6.41. The Labute approximate surface area is 122 Å². The van der Waals surface area contributed by atoms with Gasteiger partial charge in [0.25, 0.3) is 0 Å². The summed E-state index contributed by atoms with van der Waals surface area (Å²) in [4.78, 5) is 8.26. The van der Waals surface area contributed by atoms with Gasteiger partial charge in [0.05, 0.1) is 6.04 Å². The van der Waals surface area contributed by atoms with Gasteiger partial charge in [-0.15, -0.1) is 0 Å². The number of hydrogen-bond acceptors (Lipinski definition) is 3. The van der Waals surface area contributed by atoms with E-state index in [9.17, 15) is 0 Å². The van der Waals surface area contributed by atoms with Crippen LogP contribution in [0.3, 0.4) is 0 Å². The molecule has 0 saturated carbocycles. The number of hydrogen-bond donors (Lipinski definition) is 1. The molecule has 2 aromatic rings. The van der Waals surface area contributed by atoms with Crippen LogP contribution in [-0.4, -0.2) is 16.5 Å². The number of nitrogens with one attached hydrogen (secondary N) is 1. The van der Waals surface area contributed by atoms with E-state index in [0.717, 1.165) is 23.0 Å². The molecular weight excluding hydrogens is 302 g/mol. The van der Waals surface area contributed by atoms with Crippen molar-refractivity contribution in [1.29, 1.82) is 0 Å². The van der Waals surface area contributed by atoms with Crippen LogP contribution in [0, 0.1) is 6.92 Å². The molecule has 0 fully saturated rings. The number of aromatic nitrogens is 2. The number of rotatable bonds is 5. The topological polar surface area (TPSA) is 37.8 Å². The number of aryl methyl sites for hydroxylation is 1. The van der Waals surface area contributed by atoms with Crippen LogP contribution in [-0.2, 0) is 0 Å². The zero-order chi connectivity index (χ0) is 13.7. The van der Waals surface area contributed by atoms with Gasteiger partial charge < -0.3 is 5.32 Å². The maximum atomic E-state index is 4.13. The van der Waals surface area contributed by atoms with E-state index < -0.39 is 0 Å². The molecule has 3 nitrogen and oxygen atoms in total. The van der Waals surface area contributed by atoms with Crippen LogP contribution in [0.5, 0.6) is 0 Å². The fourth-order valence-corrected chi connectivity index (χ4v) is 2.46. The molecule has 0 aliphatic rings. The number of halogens is 1. The minimum Gasteiger partial charge on any atom is -0.306 e. The molecule has 0 radical (unpaired) electrons. The summed E-state index contributed by atoms with van der Waals surface area (Å²) in [5.41, 5.74) is 3.62. The third-order valence-electron chi connectivity index (χ3n) is 3.06. The van der Waals surface area contributed by atoms with Crippen LogP contribution < -0.4 is 5.32 Å². The fourth-order valence-electron chi connectivity index (χ4n) is 2.08. The first-order valence-electron chi connectivity index (χ1n) is 6.46. The zero-order valence-electron chi connectivity index (χ0n) is 11.2. The molecule has 4 heteroatoms. The molecule has 0 saturated heterocycles. The van der Waals surface area contributed by atoms with Gasteiger partial charge in [0.15, 0.2) is 0 Å². The van der Waals surface area contributed by atoms with Gasteiger partial charge >= 0.3 is 0 Å². The highest BCUT2D eigenvalue weighted by Gasteiger charge is 2.16. The predicted molar refractivity (Wildman–Crippen MR) is 81.0 cm³/mol. The van der Waals surface area contributed by atoms with E-state index in [4.69, 9.17) is 0 Å². The van der Waals surface area contributed by atoms with Gasteiger partial charge in [0.2, 0.25) is 0 Å². The molecule has 0 spiro atoms. The molecule has 1 atom stereocenters. The van der Waals surface area contributed by atoms with E-state index in [0.29, 0.717) is 0 Å². The Kier molecular flexibility index (Phi) is 5.05. The van der Waals surface area contributed by atoms with Crippen molar-refractivity contribution < 1.29 is 0 Å². The highest BCUT2D eigenvalue weighted by atomic mass is 79.9. The van der Waals surface area contributed by atoms with Crippen molar-refractivity contribution in [3.05, 3.63) is 58.1 Å². The average molecular weight is 320 g/mol.